The van der Waals surface area contributed by atoms with Crippen molar-refractivity contribution in [1.82, 2.24) is 4.90 Å². The van der Waals surface area contributed by atoms with E-state index in [1.165, 1.54) is 22.4 Å². The maximum atomic E-state index is 12.3. The highest BCUT2D eigenvalue weighted by atomic mass is 16.6. The monoisotopic (exact) mass is 302 g/mol. The predicted molar refractivity (Wildman–Crippen MR) is 88.6 cm³/mol. The Morgan fingerprint density at radius 3 is 2.55 bits per heavy atom. The second-order valence-electron chi connectivity index (χ2n) is 7.54. The van der Waals surface area contributed by atoms with Crippen molar-refractivity contribution in [1.29, 1.82) is 0 Å². The van der Waals surface area contributed by atoms with Gasteiger partial charge in [0.05, 0.1) is 6.04 Å². The highest BCUT2D eigenvalue weighted by Crippen LogP contribution is 2.36. The van der Waals surface area contributed by atoms with Gasteiger partial charge in [-0.15, -0.1) is 0 Å². The van der Waals surface area contributed by atoms with E-state index in [4.69, 9.17) is 4.74 Å². The molecule has 0 N–H and O–H groups in total. The molecular weight excluding hydrogens is 276 g/mol. The number of ether oxygens (including phenoxy) is 1. The summed E-state index contributed by atoms with van der Waals surface area (Å²) in [5.74, 6) is 0. The molecule has 0 saturated carbocycles. The third-order valence-corrected chi connectivity index (χ3v) is 4.59. The lowest BCUT2D eigenvalue weighted by atomic mass is 10.0. The molecule has 3 rings (SSSR count). The molecule has 0 bridgehead atoms. The zero-order chi connectivity index (χ0) is 16.1. The molecule has 2 aliphatic heterocycles. The molecule has 1 unspecified atom stereocenters. The van der Waals surface area contributed by atoms with Crippen molar-refractivity contribution in [2.24, 2.45) is 0 Å². The van der Waals surface area contributed by atoms with Gasteiger partial charge in [0, 0.05) is 25.3 Å². The molecule has 0 radical (unpaired) electrons. The molecule has 0 aromatic heterocycles. The Bertz CT molecular complexity index is 604. The maximum absolute atomic E-state index is 12.3. The fourth-order valence-corrected chi connectivity index (χ4v) is 3.38. The summed E-state index contributed by atoms with van der Waals surface area (Å²) in [6.45, 7) is 12.5. The highest BCUT2D eigenvalue weighted by Gasteiger charge is 2.37. The van der Waals surface area contributed by atoms with Crippen molar-refractivity contribution in [3.8, 4) is 0 Å². The third kappa shape index (κ3) is 2.79. The van der Waals surface area contributed by atoms with E-state index in [0.29, 0.717) is 6.04 Å². The summed E-state index contributed by atoms with van der Waals surface area (Å²) in [6, 6.07) is 4.99. The fraction of sp³-hybridized carbons (Fsp3) is 0.611. The van der Waals surface area contributed by atoms with Gasteiger partial charge in [0.1, 0.15) is 5.60 Å². The number of hydrogen-bond acceptors (Lipinski definition) is 3. The Labute approximate surface area is 133 Å². The zero-order valence-electron chi connectivity index (χ0n) is 14.3. The standard InChI is InChI=1S/C18H26N2O2/c1-12-8-14-10-15-11-19(17(21)22-18(3,4)5)6-7-20(15)16(14)9-13(12)2/h8-9,15H,6-7,10-11H2,1-5H3. The number of aryl methyl sites for hydroxylation is 2. The van der Waals surface area contributed by atoms with Crippen LogP contribution < -0.4 is 4.90 Å². The van der Waals surface area contributed by atoms with Gasteiger partial charge in [-0.1, -0.05) is 6.07 Å². The van der Waals surface area contributed by atoms with Crippen molar-refractivity contribution >= 4 is 11.8 Å². The van der Waals surface area contributed by atoms with Crippen LogP contribution in [-0.4, -0.2) is 42.3 Å². The summed E-state index contributed by atoms with van der Waals surface area (Å²) >= 11 is 0. The van der Waals surface area contributed by atoms with Gasteiger partial charge >= 0.3 is 6.09 Å². The SMILES string of the molecule is Cc1cc2c(cc1C)N1CCN(C(=O)OC(C)(C)C)CC1C2. The van der Waals surface area contributed by atoms with Gasteiger partial charge < -0.3 is 14.5 Å². The number of fused-ring (bicyclic) bond motifs is 3. The average molecular weight is 302 g/mol. The minimum atomic E-state index is -0.429. The van der Waals surface area contributed by atoms with Crippen LogP contribution in [0.4, 0.5) is 10.5 Å². The van der Waals surface area contributed by atoms with E-state index in [0.717, 1.165) is 26.1 Å². The molecule has 0 spiro atoms. The van der Waals surface area contributed by atoms with Crippen LogP contribution in [0.25, 0.3) is 0 Å². The minimum absolute atomic E-state index is 0.185. The molecule has 1 saturated heterocycles. The van der Waals surface area contributed by atoms with Gasteiger partial charge in [-0.25, -0.2) is 4.79 Å². The maximum Gasteiger partial charge on any atom is 0.410 e. The van der Waals surface area contributed by atoms with Crippen LogP contribution in [0, 0.1) is 13.8 Å². The summed E-state index contributed by atoms with van der Waals surface area (Å²) in [4.78, 5) is 16.6. The van der Waals surface area contributed by atoms with Gasteiger partial charge in [0.2, 0.25) is 0 Å². The van der Waals surface area contributed by atoms with Gasteiger partial charge in [-0.05, 0) is 63.8 Å². The molecule has 4 heteroatoms. The lowest BCUT2D eigenvalue weighted by Gasteiger charge is -2.39. The molecule has 1 amide bonds. The quantitative estimate of drug-likeness (QED) is 0.737. The predicted octanol–water partition coefficient (Wildman–Crippen LogP) is 3.29. The first kappa shape index (κ1) is 15.2. The molecular formula is C18H26N2O2. The van der Waals surface area contributed by atoms with Crippen LogP contribution >= 0.6 is 0 Å². The Hall–Kier alpha value is -1.71. The Kier molecular flexibility index (Phi) is 3.58. The number of hydrogen-bond donors (Lipinski definition) is 0. The lowest BCUT2D eigenvalue weighted by molar-refractivity contribution is 0.0217. The number of rotatable bonds is 0. The normalized spacial score (nSPS) is 20.7. The molecule has 1 fully saturated rings. The van der Waals surface area contributed by atoms with E-state index < -0.39 is 5.60 Å². The minimum Gasteiger partial charge on any atom is -0.444 e. The van der Waals surface area contributed by atoms with Crippen molar-refractivity contribution in [3.63, 3.8) is 0 Å². The Morgan fingerprint density at radius 2 is 1.86 bits per heavy atom. The van der Waals surface area contributed by atoms with E-state index in [1.807, 2.05) is 25.7 Å². The number of amides is 1. The number of carbonyl (C=O) groups excluding carboxylic acids is 1. The second-order valence-corrected chi connectivity index (χ2v) is 7.54. The number of nitrogens with zero attached hydrogens (tertiary/aromatic N) is 2. The van der Waals surface area contributed by atoms with Crippen molar-refractivity contribution < 1.29 is 9.53 Å². The van der Waals surface area contributed by atoms with Crippen LogP contribution in [0.1, 0.15) is 37.5 Å². The van der Waals surface area contributed by atoms with Crippen LogP contribution in [0.2, 0.25) is 0 Å². The smallest absolute Gasteiger partial charge is 0.410 e. The molecule has 1 aromatic carbocycles. The summed E-state index contributed by atoms with van der Waals surface area (Å²) in [6.07, 6.45) is 0.839. The van der Waals surface area contributed by atoms with E-state index >= 15 is 0 Å². The van der Waals surface area contributed by atoms with E-state index in [1.54, 1.807) is 0 Å². The lowest BCUT2D eigenvalue weighted by Crippen LogP contribution is -2.54. The number of carbonyl (C=O) groups is 1. The van der Waals surface area contributed by atoms with Crippen molar-refractivity contribution in [3.05, 3.63) is 28.8 Å². The first-order valence-corrected chi connectivity index (χ1v) is 8.09. The molecule has 1 atom stereocenters. The first-order chi connectivity index (χ1) is 10.2. The van der Waals surface area contributed by atoms with Crippen LogP contribution in [0.3, 0.4) is 0 Å². The topological polar surface area (TPSA) is 32.8 Å². The van der Waals surface area contributed by atoms with Crippen LogP contribution in [-0.2, 0) is 11.2 Å². The number of benzene rings is 1. The zero-order valence-corrected chi connectivity index (χ0v) is 14.3. The molecule has 2 heterocycles. The van der Waals surface area contributed by atoms with E-state index in [9.17, 15) is 4.79 Å². The second kappa shape index (κ2) is 5.18. The summed E-state index contributed by atoms with van der Waals surface area (Å²) in [5.41, 5.74) is 5.04. The third-order valence-electron chi connectivity index (χ3n) is 4.59. The van der Waals surface area contributed by atoms with Crippen molar-refractivity contribution in [2.45, 2.75) is 52.7 Å². The summed E-state index contributed by atoms with van der Waals surface area (Å²) < 4.78 is 5.51. The molecule has 2 aliphatic rings. The van der Waals surface area contributed by atoms with E-state index in [2.05, 4.69) is 30.9 Å². The Morgan fingerprint density at radius 1 is 1.18 bits per heavy atom. The number of anilines is 1. The largest absolute Gasteiger partial charge is 0.444 e. The molecule has 1 aromatic rings. The fourth-order valence-electron chi connectivity index (χ4n) is 3.38. The first-order valence-electron chi connectivity index (χ1n) is 8.09. The summed E-state index contributed by atoms with van der Waals surface area (Å²) in [5, 5.41) is 0. The average Bonchev–Trinajstić information content (AvgIpc) is 2.74. The van der Waals surface area contributed by atoms with Gasteiger partial charge in [0.15, 0.2) is 0 Å². The molecule has 22 heavy (non-hydrogen) atoms. The summed E-state index contributed by atoms with van der Waals surface area (Å²) in [7, 11) is 0. The van der Waals surface area contributed by atoms with Crippen LogP contribution in [0.5, 0.6) is 0 Å². The Balaban J connectivity index is 1.73. The van der Waals surface area contributed by atoms with Gasteiger partial charge in [0.25, 0.3) is 0 Å². The van der Waals surface area contributed by atoms with Gasteiger partial charge in [-0.3, -0.25) is 0 Å². The number of piperazine rings is 1. The highest BCUT2D eigenvalue weighted by molar-refractivity contribution is 5.70. The van der Waals surface area contributed by atoms with Gasteiger partial charge in [-0.2, -0.15) is 0 Å². The molecule has 4 nitrogen and oxygen atoms in total. The van der Waals surface area contributed by atoms with Crippen LogP contribution in [0.15, 0.2) is 12.1 Å². The molecule has 0 aliphatic carbocycles. The van der Waals surface area contributed by atoms with Crippen molar-refractivity contribution in [2.75, 3.05) is 24.5 Å². The van der Waals surface area contributed by atoms with E-state index in [-0.39, 0.29) is 6.09 Å². The molecule has 120 valence electrons.